The Morgan fingerprint density at radius 3 is 2.56 bits per heavy atom. The smallest absolute Gasteiger partial charge is 0.257 e. The summed E-state index contributed by atoms with van der Waals surface area (Å²) >= 11 is 12.1. The largest absolute Gasteiger partial charge is 0.353 e. The number of hydrogen-bond acceptors (Lipinski definition) is 3. The average molecular weight is 372 g/mol. The summed E-state index contributed by atoms with van der Waals surface area (Å²) in [6, 6.07) is 14.4. The number of aryl methyl sites for hydroxylation is 1. The fraction of sp³-hybridized carbons (Fsp3) is 0.0526. The van der Waals surface area contributed by atoms with Crippen molar-refractivity contribution in [2.45, 2.75) is 6.92 Å². The van der Waals surface area contributed by atoms with Crippen LogP contribution in [0.5, 0.6) is 0 Å². The highest BCUT2D eigenvalue weighted by molar-refractivity contribution is 6.33. The predicted octanol–water partition coefficient (Wildman–Crippen LogP) is 5.69. The van der Waals surface area contributed by atoms with Gasteiger partial charge in [0.25, 0.3) is 5.91 Å². The van der Waals surface area contributed by atoms with Crippen molar-refractivity contribution in [1.82, 2.24) is 4.98 Å². The fourth-order valence-electron chi connectivity index (χ4n) is 2.31. The molecule has 0 aliphatic heterocycles. The first-order chi connectivity index (χ1) is 12.0. The number of pyridine rings is 1. The van der Waals surface area contributed by atoms with Crippen molar-refractivity contribution in [1.29, 1.82) is 0 Å². The molecule has 4 nitrogen and oxygen atoms in total. The van der Waals surface area contributed by atoms with Gasteiger partial charge in [-0.2, -0.15) is 0 Å². The second-order valence-electron chi connectivity index (χ2n) is 5.48. The molecule has 3 aromatic rings. The van der Waals surface area contributed by atoms with E-state index in [4.69, 9.17) is 23.2 Å². The lowest BCUT2D eigenvalue weighted by atomic mass is 10.2. The molecule has 0 saturated carbocycles. The van der Waals surface area contributed by atoms with Crippen LogP contribution in [0.2, 0.25) is 10.0 Å². The van der Waals surface area contributed by atoms with E-state index in [1.165, 1.54) is 6.20 Å². The summed E-state index contributed by atoms with van der Waals surface area (Å²) in [4.78, 5) is 16.6. The highest BCUT2D eigenvalue weighted by atomic mass is 35.5. The van der Waals surface area contributed by atoms with Crippen LogP contribution in [0, 0.1) is 6.92 Å². The minimum absolute atomic E-state index is 0.249. The van der Waals surface area contributed by atoms with Crippen molar-refractivity contribution >= 4 is 46.2 Å². The van der Waals surface area contributed by atoms with Gasteiger partial charge in [-0.25, -0.2) is 0 Å². The first-order valence-electron chi connectivity index (χ1n) is 7.57. The lowest BCUT2D eigenvalue weighted by molar-refractivity contribution is 0.102. The number of para-hydroxylation sites is 1. The number of benzene rings is 2. The molecule has 0 spiro atoms. The van der Waals surface area contributed by atoms with Crippen LogP contribution in [-0.4, -0.2) is 10.9 Å². The summed E-state index contributed by atoms with van der Waals surface area (Å²) in [5.74, 6) is -0.249. The minimum atomic E-state index is -0.249. The van der Waals surface area contributed by atoms with Crippen LogP contribution in [0.1, 0.15) is 15.9 Å². The third-order valence-corrected chi connectivity index (χ3v) is 4.15. The zero-order chi connectivity index (χ0) is 17.8. The number of nitrogens with zero attached hydrogens (tertiary/aromatic N) is 1. The van der Waals surface area contributed by atoms with Crippen molar-refractivity contribution < 1.29 is 4.79 Å². The van der Waals surface area contributed by atoms with Crippen LogP contribution in [0.25, 0.3) is 0 Å². The van der Waals surface area contributed by atoms with Gasteiger partial charge in [-0.3, -0.25) is 9.78 Å². The van der Waals surface area contributed by atoms with Gasteiger partial charge in [-0.1, -0.05) is 35.3 Å². The topological polar surface area (TPSA) is 54.0 Å². The summed E-state index contributed by atoms with van der Waals surface area (Å²) < 4.78 is 0. The van der Waals surface area contributed by atoms with E-state index in [9.17, 15) is 4.79 Å². The molecule has 25 heavy (non-hydrogen) atoms. The Labute approximate surface area is 155 Å². The number of anilines is 3. The summed E-state index contributed by atoms with van der Waals surface area (Å²) in [6.45, 7) is 1.88. The fourth-order valence-corrected chi connectivity index (χ4v) is 2.72. The monoisotopic (exact) mass is 371 g/mol. The maximum atomic E-state index is 12.5. The molecule has 2 N–H and O–H groups in total. The Balaban J connectivity index is 1.79. The van der Waals surface area contributed by atoms with Gasteiger partial charge in [0.1, 0.15) is 0 Å². The van der Waals surface area contributed by atoms with Gasteiger partial charge >= 0.3 is 0 Å². The van der Waals surface area contributed by atoms with Crippen molar-refractivity contribution in [3.05, 3.63) is 82.1 Å². The van der Waals surface area contributed by atoms with Crippen LogP contribution in [0.4, 0.5) is 17.1 Å². The maximum Gasteiger partial charge on any atom is 0.257 e. The van der Waals surface area contributed by atoms with Crippen LogP contribution in [0.15, 0.2) is 60.9 Å². The summed E-state index contributed by atoms with van der Waals surface area (Å²) in [5.41, 5.74) is 3.45. The van der Waals surface area contributed by atoms with Crippen LogP contribution in [0.3, 0.4) is 0 Å². The third-order valence-electron chi connectivity index (χ3n) is 3.59. The lowest BCUT2D eigenvalue weighted by Crippen LogP contribution is -2.13. The van der Waals surface area contributed by atoms with Crippen LogP contribution >= 0.6 is 23.2 Å². The standard InChI is InChI=1S/C19H15Cl2N3O/c1-12-8-14(20)6-7-17(12)24-19(25)13-9-15(11-22-10-13)23-18-5-3-2-4-16(18)21/h2-11,23H,1H3,(H,24,25). The second-order valence-corrected chi connectivity index (χ2v) is 6.32. The minimum Gasteiger partial charge on any atom is -0.353 e. The Morgan fingerprint density at radius 2 is 1.80 bits per heavy atom. The van der Waals surface area contributed by atoms with E-state index in [-0.39, 0.29) is 5.91 Å². The molecule has 0 bridgehead atoms. The predicted molar refractivity (Wildman–Crippen MR) is 103 cm³/mol. The molecular weight excluding hydrogens is 357 g/mol. The van der Waals surface area contributed by atoms with Crippen LogP contribution in [-0.2, 0) is 0 Å². The molecule has 0 aliphatic carbocycles. The molecule has 0 unspecified atom stereocenters. The molecule has 0 atom stereocenters. The van der Waals surface area contributed by atoms with E-state index in [0.29, 0.717) is 27.0 Å². The number of halogens is 2. The summed E-state index contributed by atoms with van der Waals surface area (Å²) in [6.07, 6.45) is 3.14. The Kier molecular flexibility index (Phi) is 5.22. The maximum absolute atomic E-state index is 12.5. The molecule has 0 fully saturated rings. The Bertz CT molecular complexity index is 928. The van der Waals surface area contributed by atoms with Gasteiger partial charge in [-0.15, -0.1) is 0 Å². The number of nitrogens with one attached hydrogen (secondary N) is 2. The van der Waals surface area contributed by atoms with E-state index in [1.807, 2.05) is 25.1 Å². The van der Waals surface area contributed by atoms with Crippen molar-refractivity contribution in [3.8, 4) is 0 Å². The van der Waals surface area contributed by atoms with Crippen molar-refractivity contribution in [2.24, 2.45) is 0 Å². The van der Waals surface area contributed by atoms with E-state index in [0.717, 1.165) is 11.3 Å². The number of carbonyl (C=O) groups excluding carboxylic acids is 1. The Hall–Kier alpha value is -2.56. The van der Waals surface area contributed by atoms with Crippen LogP contribution < -0.4 is 10.6 Å². The molecule has 1 aromatic heterocycles. The average Bonchev–Trinajstić information content (AvgIpc) is 2.60. The van der Waals surface area contributed by atoms with E-state index in [2.05, 4.69) is 15.6 Å². The number of amides is 1. The van der Waals surface area contributed by atoms with E-state index >= 15 is 0 Å². The zero-order valence-corrected chi connectivity index (χ0v) is 14.9. The molecule has 6 heteroatoms. The highest BCUT2D eigenvalue weighted by Crippen LogP contribution is 2.25. The molecule has 0 saturated heterocycles. The SMILES string of the molecule is Cc1cc(Cl)ccc1NC(=O)c1cncc(Nc2ccccc2Cl)c1. The zero-order valence-electron chi connectivity index (χ0n) is 13.4. The van der Waals surface area contributed by atoms with Gasteiger partial charge in [0, 0.05) is 16.9 Å². The number of carbonyl (C=O) groups is 1. The quantitative estimate of drug-likeness (QED) is 0.618. The van der Waals surface area contributed by atoms with E-state index < -0.39 is 0 Å². The lowest BCUT2D eigenvalue weighted by Gasteiger charge is -2.11. The molecule has 1 amide bonds. The summed E-state index contributed by atoms with van der Waals surface area (Å²) in [5, 5.41) is 7.24. The normalized spacial score (nSPS) is 10.4. The van der Waals surface area contributed by atoms with E-state index in [1.54, 1.807) is 36.5 Å². The van der Waals surface area contributed by atoms with Gasteiger partial charge in [0.05, 0.1) is 28.2 Å². The molecular formula is C19H15Cl2N3O. The Morgan fingerprint density at radius 1 is 1.00 bits per heavy atom. The van der Waals surface area contributed by atoms with Gasteiger partial charge < -0.3 is 10.6 Å². The molecule has 3 rings (SSSR count). The highest BCUT2D eigenvalue weighted by Gasteiger charge is 2.10. The molecule has 1 heterocycles. The first-order valence-corrected chi connectivity index (χ1v) is 8.32. The molecule has 0 radical (unpaired) electrons. The van der Waals surface area contributed by atoms with Gasteiger partial charge in [0.15, 0.2) is 0 Å². The molecule has 0 aliphatic rings. The summed E-state index contributed by atoms with van der Waals surface area (Å²) in [7, 11) is 0. The number of rotatable bonds is 4. The second kappa shape index (κ2) is 7.55. The molecule has 2 aromatic carbocycles. The number of aromatic nitrogens is 1. The first kappa shape index (κ1) is 17.3. The van der Waals surface area contributed by atoms with Gasteiger partial charge in [0.2, 0.25) is 0 Å². The van der Waals surface area contributed by atoms with Crippen molar-refractivity contribution in [2.75, 3.05) is 10.6 Å². The third kappa shape index (κ3) is 4.29. The van der Waals surface area contributed by atoms with Gasteiger partial charge in [-0.05, 0) is 48.9 Å². The van der Waals surface area contributed by atoms with Crippen molar-refractivity contribution in [3.63, 3.8) is 0 Å². The number of hydrogen-bond donors (Lipinski definition) is 2. The molecule has 126 valence electrons.